The van der Waals surface area contributed by atoms with Crippen LogP contribution in [0.1, 0.15) is 11.1 Å². The Morgan fingerprint density at radius 1 is 1.06 bits per heavy atom. The molecule has 0 spiro atoms. The van der Waals surface area contributed by atoms with Gasteiger partial charge in [0.05, 0.1) is 24.7 Å². The van der Waals surface area contributed by atoms with Gasteiger partial charge in [0.15, 0.2) is 0 Å². The molecule has 1 aliphatic heterocycles. The third-order valence-corrected chi connectivity index (χ3v) is 7.16. The van der Waals surface area contributed by atoms with Gasteiger partial charge in [-0.1, -0.05) is 35.3 Å². The largest absolute Gasteiger partial charge is 0.379 e. The van der Waals surface area contributed by atoms with Crippen molar-refractivity contribution in [3.8, 4) is 0 Å². The van der Waals surface area contributed by atoms with Gasteiger partial charge in [-0.2, -0.15) is 4.31 Å². The van der Waals surface area contributed by atoms with E-state index < -0.39 is 10.0 Å². The molecule has 1 N–H and O–H groups in total. The lowest BCUT2D eigenvalue weighted by Gasteiger charge is -2.26. The lowest BCUT2D eigenvalue weighted by Crippen LogP contribution is -2.40. The van der Waals surface area contributed by atoms with Crippen molar-refractivity contribution in [3.05, 3.63) is 63.6 Å². The predicted molar refractivity (Wildman–Crippen MR) is 121 cm³/mol. The third-order valence-electron chi connectivity index (χ3n) is 4.81. The van der Waals surface area contributed by atoms with Crippen LogP contribution in [-0.2, 0) is 32.6 Å². The first-order chi connectivity index (χ1) is 14.7. The Hall–Kier alpha value is -1.68. The molecule has 2 aromatic rings. The van der Waals surface area contributed by atoms with Crippen molar-refractivity contribution in [3.63, 3.8) is 0 Å². The first kappa shape index (κ1) is 24.0. The summed E-state index contributed by atoms with van der Waals surface area (Å²) in [6.07, 6.45) is 0. The summed E-state index contributed by atoms with van der Waals surface area (Å²) < 4.78 is 32.0. The second-order valence-electron chi connectivity index (χ2n) is 7.39. The van der Waals surface area contributed by atoms with E-state index in [1.165, 1.54) is 4.31 Å². The Morgan fingerprint density at radius 2 is 1.68 bits per heavy atom. The zero-order valence-corrected chi connectivity index (χ0v) is 19.5. The van der Waals surface area contributed by atoms with E-state index in [0.717, 1.165) is 11.1 Å². The molecule has 168 valence electrons. The molecule has 1 aliphatic rings. The Balaban J connectivity index is 1.49. The average molecular weight is 486 g/mol. The molecule has 0 unspecified atom stereocenters. The van der Waals surface area contributed by atoms with Crippen LogP contribution in [-0.4, -0.2) is 63.4 Å². The fourth-order valence-electron chi connectivity index (χ4n) is 3.29. The summed E-state index contributed by atoms with van der Waals surface area (Å²) in [5.41, 5.74) is 1.74. The monoisotopic (exact) mass is 485 g/mol. The van der Waals surface area contributed by atoms with Crippen LogP contribution >= 0.6 is 23.2 Å². The number of rotatable bonds is 8. The van der Waals surface area contributed by atoms with Gasteiger partial charge in [0.1, 0.15) is 0 Å². The van der Waals surface area contributed by atoms with Crippen molar-refractivity contribution in [2.24, 2.45) is 0 Å². The second-order valence-corrected chi connectivity index (χ2v) is 10.2. The SMILES string of the molecule is CN(CC(=O)NCc1ccc(S(=O)(=O)N2CCOCC2)cc1)Cc1cc(Cl)cc(Cl)c1. The Kier molecular flexibility index (Phi) is 8.32. The van der Waals surface area contributed by atoms with E-state index in [9.17, 15) is 13.2 Å². The molecule has 1 amide bonds. The van der Waals surface area contributed by atoms with Crippen LogP contribution in [0, 0.1) is 0 Å². The minimum atomic E-state index is -3.52. The van der Waals surface area contributed by atoms with Gasteiger partial charge in [-0.3, -0.25) is 9.69 Å². The standard InChI is InChI=1S/C21H25Cl2N3O4S/c1-25(14-17-10-18(22)12-19(23)11-17)15-21(27)24-13-16-2-4-20(5-3-16)31(28,29)26-6-8-30-9-7-26/h2-5,10-12H,6-9,13-15H2,1H3,(H,24,27). The number of morpholine rings is 1. The molecular weight excluding hydrogens is 461 g/mol. The number of sulfonamides is 1. The number of halogens is 2. The summed E-state index contributed by atoms with van der Waals surface area (Å²) in [5, 5.41) is 3.96. The molecule has 0 aromatic heterocycles. The van der Waals surface area contributed by atoms with E-state index in [2.05, 4.69) is 5.32 Å². The topological polar surface area (TPSA) is 79.0 Å². The summed E-state index contributed by atoms with van der Waals surface area (Å²) in [4.78, 5) is 14.4. The number of hydrogen-bond donors (Lipinski definition) is 1. The maximum atomic E-state index is 12.7. The van der Waals surface area contributed by atoms with E-state index in [1.54, 1.807) is 30.3 Å². The van der Waals surface area contributed by atoms with E-state index >= 15 is 0 Å². The Morgan fingerprint density at radius 3 is 2.29 bits per heavy atom. The summed E-state index contributed by atoms with van der Waals surface area (Å²) in [7, 11) is -1.69. The summed E-state index contributed by atoms with van der Waals surface area (Å²) >= 11 is 12.0. The molecular formula is C21H25Cl2N3O4S. The van der Waals surface area contributed by atoms with E-state index in [0.29, 0.717) is 49.4 Å². The van der Waals surface area contributed by atoms with Gasteiger partial charge in [-0.05, 0) is 48.5 Å². The normalized spacial score (nSPS) is 15.2. The Bertz CT molecular complexity index is 990. The lowest BCUT2D eigenvalue weighted by molar-refractivity contribution is -0.122. The molecule has 10 heteroatoms. The van der Waals surface area contributed by atoms with Gasteiger partial charge in [0, 0.05) is 36.2 Å². The highest BCUT2D eigenvalue weighted by Gasteiger charge is 2.26. The minimum Gasteiger partial charge on any atom is -0.379 e. The maximum Gasteiger partial charge on any atom is 0.243 e. The highest BCUT2D eigenvalue weighted by molar-refractivity contribution is 7.89. The fourth-order valence-corrected chi connectivity index (χ4v) is 5.27. The zero-order chi connectivity index (χ0) is 22.4. The number of likely N-dealkylation sites (N-methyl/N-ethyl adjacent to an activating group) is 1. The van der Waals surface area contributed by atoms with Crippen molar-refractivity contribution in [2.75, 3.05) is 39.9 Å². The minimum absolute atomic E-state index is 0.138. The van der Waals surface area contributed by atoms with E-state index in [-0.39, 0.29) is 17.3 Å². The van der Waals surface area contributed by atoms with E-state index in [4.69, 9.17) is 27.9 Å². The molecule has 0 saturated carbocycles. The van der Waals surface area contributed by atoms with Gasteiger partial charge < -0.3 is 10.1 Å². The highest BCUT2D eigenvalue weighted by Crippen LogP contribution is 2.20. The van der Waals surface area contributed by atoms with Crippen LogP contribution in [0.5, 0.6) is 0 Å². The first-order valence-electron chi connectivity index (χ1n) is 9.81. The summed E-state index contributed by atoms with van der Waals surface area (Å²) in [5.74, 6) is -0.138. The van der Waals surface area contributed by atoms with Crippen LogP contribution in [0.2, 0.25) is 10.0 Å². The predicted octanol–water partition coefficient (Wildman–Crippen LogP) is 2.76. The first-order valence-corrected chi connectivity index (χ1v) is 12.0. The third kappa shape index (κ3) is 6.90. The van der Waals surface area contributed by atoms with Gasteiger partial charge >= 0.3 is 0 Å². The molecule has 0 bridgehead atoms. The molecule has 0 atom stereocenters. The van der Waals surface area contributed by atoms with Crippen molar-refractivity contribution < 1.29 is 17.9 Å². The molecule has 0 aliphatic carbocycles. The van der Waals surface area contributed by atoms with Crippen LogP contribution in [0.4, 0.5) is 0 Å². The molecule has 1 saturated heterocycles. The van der Waals surface area contributed by atoms with Gasteiger partial charge in [-0.15, -0.1) is 0 Å². The molecule has 31 heavy (non-hydrogen) atoms. The smallest absolute Gasteiger partial charge is 0.243 e. The average Bonchev–Trinajstić information content (AvgIpc) is 2.72. The number of amides is 1. The van der Waals surface area contributed by atoms with E-state index in [1.807, 2.05) is 24.1 Å². The molecule has 2 aromatic carbocycles. The molecule has 3 rings (SSSR count). The summed E-state index contributed by atoms with van der Waals surface area (Å²) in [6.45, 7) is 2.57. The van der Waals surface area contributed by atoms with Gasteiger partial charge in [-0.25, -0.2) is 8.42 Å². The zero-order valence-electron chi connectivity index (χ0n) is 17.2. The molecule has 1 fully saturated rings. The highest BCUT2D eigenvalue weighted by atomic mass is 35.5. The number of hydrogen-bond acceptors (Lipinski definition) is 5. The number of nitrogens with one attached hydrogen (secondary N) is 1. The van der Waals surface area contributed by atoms with Crippen LogP contribution in [0.15, 0.2) is 47.4 Å². The van der Waals surface area contributed by atoms with Crippen molar-refractivity contribution in [1.82, 2.24) is 14.5 Å². The van der Waals surface area contributed by atoms with Crippen molar-refractivity contribution in [1.29, 1.82) is 0 Å². The number of benzene rings is 2. The number of ether oxygens (including phenoxy) is 1. The van der Waals surface area contributed by atoms with Crippen LogP contribution < -0.4 is 5.32 Å². The lowest BCUT2D eigenvalue weighted by atomic mass is 10.2. The maximum absolute atomic E-state index is 12.7. The van der Waals surface area contributed by atoms with Crippen molar-refractivity contribution >= 4 is 39.1 Å². The number of carbonyl (C=O) groups is 1. The van der Waals surface area contributed by atoms with Crippen LogP contribution in [0.25, 0.3) is 0 Å². The van der Waals surface area contributed by atoms with Crippen LogP contribution in [0.3, 0.4) is 0 Å². The molecule has 0 radical (unpaired) electrons. The number of carbonyl (C=O) groups excluding carboxylic acids is 1. The fraction of sp³-hybridized carbons (Fsp3) is 0.381. The molecule has 1 heterocycles. The van der Waals surface area contributed by atoms with Gasteiger partial charge in [0.25, 0.3) is 0 Å². The Labute approximate surface area is 192 Å². The van der Waals surface area contributed by atoms with Gasteiger partial charge in [0.2, 0.25) is 15.9 Å². The second kappa shape index (κ2) is 10.8. The number of nitrogens with zero attached hydrogens (tertiary/aromatic N) is 2. The summed E-state index contributed by atoms with van der Waals surface area (Å²) in [6, 6.07) is 11.9. The van der Waals surface area contributed by atoms with Crippen molar-refractivity contribution in [2.45, 2.75) is 18.0 Å². The molecule has 7 nitrogen and oxygen atoms in total. The quantitative estimate of drug-likeness (QED) is 0.621.